The number of ether oxygens (including phenoxy) is 1. The molecule has 1 aromatic carbocycles. The molecule has 1 heterocycles. The van der Waals surface area contributed by atoms with Crippen LogP contribution in [-0.2, 0) is 17.8 Å². The molecule has 100 valence electrons. The number of methoxy groups -OCH3 is 1. The van der Waals surface area contributed by atoms with Crippen LogP contribution in [0.15, 0.2) is 36.4 Å². The molecule has 1 N–H and O–H groups in total. The van der Waals surface area contributed by atoms with Crippen LogP contribution in [0.3, 0.4) is 0 Å². The van der Waals surface area contributed by atoms with Gasteiger partial charge in [-0.2, -0.15) is 0 Å². The molecule has 0 aliphatic rings. The molecule has 3 nitrogen and oxygen atoms in total. The average molecular weight is 275 g/mol. The number of hydrogen-bond acceptors (Lipinski definition) is 3. The smallest absolute Gasteiger partial charge is 0.224 e. The summed E-state index contributed by atoms with van der Waals surface area (Å²) in [6.45, 7) is 2.67. The third-order valence-corrected chi connectivity index (χ3v) is 3.78. The molecule has 2 aromatic rings. The lowest BCUT2D eigenvalue weighted by Gasteiger charge is -2.05. The van der Waals surface area contributed by atoms with E-state index in [2.05, 4.69) is 18.3 Å². The lowest BCUT2D eigenvalue weighted by atomic mass is 10.1. The number of nitrogens with one attached hydrogen (secondary N) is 1. The van der Waals surface area contributed by atoms with Gasteiger partial charge in [-0.1, -0.05) is 12.1 Å². The van der Waals surface area contributed by atoms with E-state index in [0.29, 0.717) is 13.0 Å². The third-order valence-electron chi connectivity index (χ3n) is 2.78. The third kappa shape index (κ3) is 4.10. The van der Waals surface area contributed by atoms with Crippen molar-refractivity contribution >= 4 is 17.2 Å². The Kier molecular flexibility index (Phi) is 4.58. The van der Waals surface area contributed by atoms with Crippen LogP contribution in [0.1, 0.15) is 15.3 Å². The predicted molar refractivity (Wildman–Crippen MR) is 77.6 cm³/mol. The summed E-state index contributed by atoms with van der Waals surface area (Å²) in [5.41, 5.74) is 0.987. The molecule has 0 fully saturated rings. The Morgan fingerprint density at radius 2 is 1.95 bits per heavy atom. The van der Waals surface area contributed by atoms with Gasteiger partial charge in [-0.05, 0) is 36.8 Å². The Labute approximate surface area is 117 Å². The van der Waals surface area contributed by atoms with E-state index in [4.69, 9.17) is 4.74 Å². The number of amides is 1. The fourth-order valence-electron chi connectivity index (χ4n) is 1.76. The minimum absolute atomic E-state index is 0.0382. The van der Waals surface area contributed by atoms with Crippen LogP contribution >= 0.6 is 11.3 Å². The van der Waals surface area contributed by atoms with Gasteiger partial charge in [-0.3, -0.25) is 4.79 Å². The second-order valence-electron chi connectivity index (χ2n) is 4.31. The van der Waals surface area contributed by atoms with Crippen molar-refractivity contribution in [1.82, 2.24) is 5.32 Å². The zero-order chi connectivity index (χ0) is 13.7. The van der Waals surface area contributed by atoms with Crippen LogP contribution in [0.4, 0.5) is 0 Å². The zero-order valence-corrected chi connectivity index (χ0v) is 11.9. The molecule has 19 heavy (non-hydrogen) atoms. The normalized spacial score (nSPS) is 10.2. The molecule has 1 aromatic heterocycles. The standard InChI is InChI=1S/C15H17NO2S/c1-11-3-8-14(19-11)10-16-15(17)9-12-4-6-13(18-2)7-5-12/h3-8H,9-10H2,1-2H3,(H,16,17). The molecule has 1 amide bonds. The molecule has 0 radical (unpaired) electrons. The summed E-state index contributed by atoms with van der Waals surface area (Å²) in [5, 5.41) is 2.93. The van der Waals surface area contributed by atoms with Gasteiger partial charge in [-0.25, -0.2) is 0 Å². The van der Waals surface area contributed by atoms with Gasteiger partial charge in [0.25, 0.3) is 0 Å². The predicted octanol–water partition coefficient (Wildman–Crippen LogP) is 2.92. The minimum Gasteiger partial charge on any atom is -0.497 e. The van der Waals surface area contributed by atoms with E-state index in [0.717, 1.165) is 11.3 Å². The second kappa shape index (κ2) is 6.38. The quantitative estimate of drug-likeness (QED) is 0.911. The van der Waals surface area contributed by atoms with Gasteiger partial charge in [0.2, 0.25) is 5.91 Å². The van der Waals surface area contributed by atoms with E-state index in [1.54, 1.807) is 18.4 Å². The Morgan fingerprint density at radius 3 is 2.53 bits per heavy atom. The molecule has 0 atom stereocenters. The summed E-state index contributed by atoms with van der Waals surface area (Å²) in [6.07, 6.45) is 0.397. The minimum atomic E-state index is 0.0382. The lowest BCUT2D eigenvalue weighted by molar-refractivity contribution is -0.120. The maximum atomic E-state index is 11.8. The maximum absolute atomic E-state index is 11.8. The highest BCUT2D eigenvalue weighted by Crippen LogP contribution is 2.15. The van der Waals surface area contributed by atoms with E-state index in [1.165, 1.54) is 9.75 Å². The average Bonchev–Trinajstić information content (AvgIpc) is 2.83. The fourth-order valence-corrected chi connectivity index (χ4v) is 2.59. The number of hydrogen-bond donors (Lipinski definition) is 1. The van der Waals surface area contributed by atoms with Crippen molar-refractivity contribution in [3.8, 4) is 5.75 Å². The van der Waals surface area contributed by atoms with Gasteiger partial charge in [0, 0.05) is 9.75 Å². The number of aryl methyl sites for hydroxylation is 1. The number of thiophene rings is 1. The van der Waals surface area contributed by atoms with Gasteiger partial charge in [0.1, 0.15) is 5.75 Å². The number of rotatable bonds is 5. The van der Waals surface area contributed by atoms with Crippen molar-refractivity contribution in [2.45, 2.75) is 19.9 Å². The Balaban J connectivity index is 1.83. The first-order valence-corrected chi connectivity index (χ1v) is 6.94. The van der Waals surface area contributed by atoms with Crippen LogP contribution in [0.5, 0.6) is 5.75 Å². The molecule has 0 saturated heterocycles. The molecule has 2 rings (SSSR count). The molecule has 0 bridgehead atoms. The first-order chi connectivity index (χ1) is 9.17. The lowest BCUT2D eigenvalue weighted by Crippen LogP contribution is -2.24. The zero-order valence-electron chi connectivity index (χ0n) is 11.1. The van der Waals surface area contributed by atoms with E-state index < -0.39 is 0 Å². The molecular formula is C15H17NO2S. The number of benzene rings is 1. The highest BCUT2D eigenvalue weighted by atomic mass is 32.1. The highest BCUT2D eigenvalue weighted by molar-refractivity contribution is 7.11. The van der Waals surface area contributed by atoms with E-state index in [-0.39, 0.29) is 5.91 Å². The van der Waals surface area contributed by atoms with E-state index in [1.807, 2.05) is 30.3 Å². The molecule has 0 aliphatic heterocycles. The Morgan fingerprint density at radius 1 is 1.21 bits per heavy atom. The largest absolute Gasteiger partial charge is 0.497 e. The molecule has 0 spiro atoms. The van der Waals surface area contributed by atoms with Crippen LogP contribution in [0.25, 0.3) is 0 Å². The summed E-state index contributed by atoms with van der Waals surface area (Å²) in [4.78, 5) is 14.3. The van der Waals surface area contributed by atoms with Crippen LogP contribution in [0.2, 0.25) is 0 Å². The second-order valence-corrected chi connectivity index (χ2v) is 5.69. The Bertz CT molecular complexity index is 546. The number of carbonyl (C=O) groups is 1. The van der Waals surface area contributed by atoms with Crippen molar-refractivity contribution in [2.75, 3.05) is 7.11 Å². The molecule has 4 heteroatoms. The first-order valence-electron chi connectivity index (χ1n) is 6.12. The molecular weight excluding hydrogens is 258 g/mol. The van der Waals surface area contributed by atoms with Crippen molar-refractivity contribution in [3.05, 3.63) is 51.7 Å². The molecule has 0 aliphatic carbocycles. The van der Waals surface area contributed by atoms with Crippen molar-refractivity contribution in [3.63, 3.8) is 0 Å². The van der Waals surface area contributed by atoms with Crippen LogP contribution in [-0.4, -0.2) is 13.0 Å². The topological polar surface area (TPSA) is 38.3 Å². The summed E-state index contributed by atoms with van der Waals surface area (Å²) in [7, 11) is 1.63. The highest BCUT2D eigenvalue weighted by Gasteiger charge is 2.04. The van der Waals surface area contributed by atoms with Gasteiger partial charge in [-0.15, -0.1) is 11.3 Å². The summed E-state index contributed by atoms with van der Waals surface area (Å²) in [5.74, 6) is 0.842. The summed E-state index contributed by atoms with van der Waals surface area (Å²) in [6, 6.07) is 11.7. The van der Waals surface area contributed by atoms with Crippen LogP contribution in [0, 0.1) is 6.92 Å². The Hall–Kier alpha value is -1.81. The van der Waals surface area contributed by atoms with Crippen molar-refractivity contribution < 1.29 is 9.53 Å². The molecule has 0 saturated carbocycles. The van der Waals surface area contributed by atoms with Crippen LogP contribution < -0.4 is 10.1 Å². The SMILES string of the molecule is COc1ccc(CC(=O)NCc2ccc(C)s2)cc1. The number of carbonyl (C=O) groups excluding carboxylic acids is 1. The maximum Gasteiger partial charge on any atom is 0.224 e. The van der Waals surface area contributed by atoms with Gasteiger partial charge in [0.15, 0.2) is 0 Å². The molecule has 0 unspecified atom stereocenters. The van der Waals surface area contributed by atoms with Gasteiger partial charge >= 0.3 is 0 Å². The van der Waals surface area contributed by atoms with E-state index >= 15 is 0 Å². The summed E-state index contributed by atoms with van der Waals surface area (Å²) < 4.78 is 5.08. The van der Waals surface area contributed by atoms with Gasteiger partial charge < -0.3 is 10.1 Å². The van der Waals surface area contributed by atoms with Crippen molar-refractivity contribution in [2.24, 2.45) is 0 Å². The van der Waals surface area contributed by atoms with Crippen molar-refractivity contribution in [1.29, 1.82) is 0 Å². The van der Waals surface area contributed by atoms with Gasteiger partial charge in [0.05, 0.1) is 20.1 Å². The fraction of sp³-hybridized carbons (Fsp3) is 0.267. The van der Waals surface area contributed by atoms with E-state index in [9.17, 15) is 4.79 Å². The summed E-state index contributed by atoms with van der Waals surface area (Å²) >= 11 is 1.71. The monoisotopic (exact) mass is 275 g/mol. The first kappa shape index (κ1) is 13.6.